The van der Waals surface area contributed by atoms with Crippen LogP contribution in [0.3, 0.4) is 0 Å². The average molecular weight is 522 g/mol. The monoisotopic (exact) mass is 521 g/mol. The third-order valence-electron chi connectivity index (χ3n) is 6.01. The van der Waals surface area contributed by atoms with Gasteiger partial charge in [-0.1, -0.05) is 38.7 Å². The van der Waals surface area contributed by atoms with E-state index < -0.39 is 29.6 Å². The summed E-state index contributed by atoms with van der Waals surface area (Å²) in [6, 6.07) is 10.4. The molecule has 194 valence electrons. The van der Waals surface area contributed by atoms with E-state index in [4.69, 9.17) is 17.0 Å². The Morgan fingerprint density at radius 3 is 2.42 bits per heavy atom. The summed E-state index contributed by atoms with van der Waals surface area (Å²) in [6.07, 6.45) is 0.138. The first-order valence-corrected chi connectivity index (χ1v) is 12.3. The van der Waals surface area contributed by atoms with Gasteiger partial charge in [-0.05, 0) is 61.1 Å². The van der Waals surface area contributed by atoms with Gasteiger partial charge in [-0.2, -0.15) is 13.2 Å². The van der Waals surface area contributed by atoms with Gasteiger partial charge in [0.2, 0.25) is 5.91 Å². The van der Waals surface area contributed by atoms with E-state index in [0.717, 1.165) is 49.1 Å². The molecule has 6 nitrogen and oxygen atoms in total. The second-order valence-corrected chi connectivity index (χ2v) is 8.97. The van der Waals surface area contributed by atoms with Crippen molar-refractivity contribution in [2.75, 3.05) is 23.9 Å². The Morgan fingerprint density at radius 1 is 1.08 bits per heavy atom. The van der Waals surface area contributed by atoms with Crippen molar-refractivity contribution in [3.8, 4) is 5.75 Å². The number of unbranched alkanes of at least 4 members (excludes halogenated alkanes) is 4. The highest BCUT2D eigenvalue weighted by Gasteiger charge is 2.44. The Labute approximate surface area is 214 Å². The number of carbonyl (C=O) groups is 2. The molecule has 36 heavy (non-hydrogen) atoms. The number of halogens is 3. The first-order valence-electron chi connectivity index (χ1n) is 11.9. The molecule has 3 rings (SSSR count). The number of hydrogen-bond donors (Lipinski definition) is 1. The van der Waals surface area contributed by atoms with E-state index in [1.165, 1.54) is 19.2 Å². The van der Waals surface area contributed by atoms with Crippen molar-refractivity contribution in [3.05, 3.63) is 54.1 Å². The fourth-order valence-corrected chi connectivity index (χ4v) is 4.51. The zero-order chi connectivity index (χ0) is 26.3. The van der Waals surface area contributed by atoms with E-state index in [1.807, 2.05) is 0 Å². The quantitative estimate of drug-likeness (QED) is 0.290. The summed E-state index contributed by atoms with van der Waals surface area (Å²) in [4.78, 5) is 29.0. The Kier molecular flexibility index (Phi) is 9.31. The number of thiocarbonyl (C=S) groups is 1. The molecule has 1 fully saturated rings. The van der Waals surface area contributed by atoms with Gasteiger partial charge in [0.15, 0.2) is 5.11 Å². The molecule has 0 saturated carbocycles. The molecule has 2 aromatic rings. The number of ether oxygens (including phenoxy) is 1. The van der Waals surface area contributed by atoms with Crippen LogP contribution < -0.4 is 15.0 Å². The van der Waals surface area contributed by atoms with Crippen LogP contribution in [-0.2, 0) is 15.8 Å². The van der Waals surface area contributed by atoms with Gasteiger partial charge in [0.25, 0.3) is 5.91 Å². The van der Waals surface area contributed by atoms with Crippen molar-refractivity contribution < 1.29 is 27.5 Å². The smallest absolute Gasteiger partial charge is 0.416 e. The van der Waals surface area contributed by atoms with E-state index in [-0.39, 0.29) is 17.2 Å². The van der Waals surface area contributed by atoms with Crippen LogP contribution in [0.15, 0.2) is 48.5 Å². The molecule has 0 radical (unpaired) electrons. The summed E-state index contributed by atoms with van der Waals surface area (Å²) < 4.78 is 45.0. The molecule has 0 spiro atoms. The number of nitrogens with zero attached hydrogens (tertiary/aromatic N) is 2. The molecule has 1 unspecified atom stereocenters. The maximum atomic E-state index is 13.4. The highest BCUT2D eigenvalue weighted by atomic mass is 32.1. The number of alkyl halides is 3. The Bertz CT molecular complexity index is 1080. The lowest BCUT2D eigenvalue weighted by Crippen LogP contribution is -2.38. The predicted octanol–water partition coefficient (Wildman–Crippen LogP) is 6.02. The number of benzene rings is 2. The number of hydrogen-bond acceptors (Lipinski definition) is 4. The van der Waals surface area contributed by atoms with Crippen molar-refractivity contribution in [1.29, 1.82) is 0 Å². The van der Waals surface area contributed by atoms with Crippen molar-refractivity contribution in [3.63, 3.8) is 0 Å². The maximum Gasteiger partial charge on any atom is 0.416 e. The van der Waals surface area contributed by atoms with Crippen LogP contribution in [0.1, 0.15) is 51.0 Å². The molecular weight excluding hydrogens is 491 g/mol. The number of amides is 2. The molecule has 0 aliphatic carbocycles. The van der Waals surface area contributed by atoms with Gasteiger partial charge in [-0.15, -0.1) is 0 Å². The van der Waals surface area contributed by atoms with Crippen LogP contribution in [0.25, 0.3) is 0 Å². The molecule has 1 atom stereocenters. The number of nitrogens with one attached hydrogen (secondary N) is 1. The number of carbonyl (C=O) groups excluding carboxylic acids is 2. The fraction of sp³-hybridized carbons (Fsp3) is 0.423. The highest BCUT2D eigenvalue weighted by molar-refractivity contribution is 7.80. The minimum absolute atomic E-state index is 0.0360. The van der Waals surface area contributed by atoms with E-state index in [9.17, 15) is 22.8 Å². The molecule has 10 heteroatoms. The van der Waals surface area contributed by atoms with Gasteiger partial charge < -0.3 is 15.0 Å². The number of methoxy groups -OCH3 is 1. The first-order chi connectivity index (χ1) is 17.2. The summed E-state index contributed by atoms with van der Waals surface area (Å²) in [5.74, 6) is -0.281. The highest BCUT2D eigenvalue weighted by Crippen LogP contribution is 2.34. The van der Waals surface area contributed by atoms with E-state index >= 15 is 0 Å². The Balaban J connectivity index is 1.80. The van der Waals surface area contributed by atoms with Crippen LogP contribution in [0.4, 0.5) is 24.5 Å². The Hall–Kier alpha value is -3.14. The molecule has 0 bridgehead atoms. The number of rotatable bonds is 11. The zero-order valence-electron chi connectivity index (χ0n) is 20.3. The minimum atomic E-state index is -4.56. The van der Waals surface area contributed by atoms with Crippen LogP contribution >= 0.6 is 12.2 Å². The van der Waals surface area contributed by atoms with Crippen molar-refractivity contribution >= 4 is 40.5 Å². The first kappa shape index (κ1) is 27.4. The van der Waals surface area contributed by atoms with Crippen LogP contribution in [0.2, 0.25) is 0 Å². The molecular formula is C26H30F3N3O3S. The van der Waals surface area contributed by atoms with Gasteiger partial charge >= 0.3 is 6.18 Å². The second-order valence-electron chi connectivity index (χ2n) is 8.61. The third kappa shape index (κ3) is 6.75. The summed E-state index contributed by atoms with van der Waals surface area (Å²) in [5.41, 5.74) is -0.300. The van der Waals surface area contributed by atoms with Crippen molar-refractivity contribution in [2.24, 2.45) is 0 Å². The lowest BCUT2D eigenvalue weighted by Gasteiger charge is -2.24. The largest absolute Gasteiger partial charge is 0.497 e. The normalized spacial score (nSPS) is 16.0. The molecule has 1 aliphatic heterocycles. The van der Waals surface area contributed by atoms with Crippen molar-refractivity contribution in [2.45, 2.75) is 57.7 Å². The lowest BCUT2D eigenvalue weighted by molar-refractivity contribution is -0.137. The average Bonchev–Trinajstić information content (AvgIpc) is 3.07. The van der Waals surface area contributed by atoms with Crippen LogP contribution in [0.5, 0.6) is 5.75 Å². The minimum Gasteiger partial charge on any atom is -0.497 e. The molecule has 0 aromatic heterocycles. The third-order valence-corrected chi connectivity index (χ3v) is 6.42. The van der Waals surface area contributed by atoms with E-state index in [1.54, 1.807) is 29.2 Å². The zero-order valence-corrected chi connectivity index (χ0v) is 21.1. The van der Waals surface area contributed by atoms with Crippen molar-refractivity contribution in [1.82, 2.24) is 4.90 Å². The van der Waals surface area contributed by atoms with E-state index in [0.29, 0.717) is 18.0 Å². The van der Waals surface area contributed by atoms with Gasteiger partial charge in [0.1, 0.15) is 11.8 Å². The SMILES string of the molecule is CCCCCCCN1C(=S)N(c2cccc(C(F)(F)F)c2)C(=O)C1CC(=O)Nc1ccc(OC)cc1. The molecule has 1 saturated heterocycles. The summed E-state index contributed by atoms with van der Waals surface area (Å²) in [6.45, 7) is 2.54. The summed E-state index contributed by atoms with van der Waals surface area (Å²) >= 11 is 5.55. The maximum absolute atomic E-state index is 13.4. The van der Waals surface area contributed by atoms with Crippen LogP contribution in [0, 0.1) is 0 Å². The Morgan fingerprint density at radius 2 is 1.78 bits per heavy atom. The topological polar surface area (TPSA) is 61.9 Å². The molecule has 1 heterocycles. The molecule has 2 amide bonds. The second kappa shape index (κ2) is 12.2. The summed E-state index contributed by atoms with van der Waals surface area (Å²) in [5, 5.41) is 2.87. The van der Waals surface area contributed by atoms with Gasteiger partial charge in [0, 0.05) is 12.2 Å². The van der Waals surface area contributed by atoms with Crippen LogP contribution in [-0.4, -0.2) is 41.5 Å². The summed E-state index contributed by atoms with van der Waals surface area (Å²) in [7, 11) is 1.54. The van der Waals surface area contributed by atoms with Gasteiger partial charge in [-0.3, -0.25) is 14.5 Å². The molecule has 2 aromatic carbocycles. The lowest BCUT2D eigenvalue weighted by atomic mass is 10.1. The molecule has 1 aliphatic rings. The van der Waals surface area contributed by atoms with Gasteiger partial charge in [0.05, 0.1) is 24.8 Å². The number of anilines is 2. The molecule has 1 N–H and O–H groups in total. The van der Waals surface area contributed by atoms with Gasteiger partial charge in [-0.25, -0.2) is 0 Å². The standard InChI is InChI=1S/C26H30F3N3O3S/c1-3-4-5-6-7-15-31-22(17-23(33)30-19-11-13-21(35-2)14-12-19)24(34)32(25(31)36)20-10-8-9-18(16-20)26(27,28)29/h8-14,16,22H,3-7,15,17H2,1-2H3,(H,30,33). The predicted molar refractivity (Wildman–Crippen MR) is 137 cm³/mol. The van der Waals surface area contributed by atoms with E-state index in [2.05, 4.69) is 12.2 Å². The fourth-order valence-electron chi connectivity index (χ4n) is 4.09.